The van der Waals surface area contributed by atoms with Crippen LogP contribution in [-0.2, 0) is 16.1 Å². The van der Waals surface area contributed by atoms with Gasteiger partial charge in [0.05, 0.1) is 0 Å². The van der Waals surface area contributed by atoms with Crippen LogP contribution in [0, 0.1) is 23.2 Å². The minimum atomic E-state index is -0.550. The van der Waals surface area contributed by atoms with Gasteiger partial charge in [0.25, 0.3) is 5.91 Å². The fourth-order valence-corrected chi connectivity index (χ4v) is 6.03. The molecule has 2 amide bonds. The Kier molecular flexibility index (Phi) is 6.01. The first-order chi connectivity index (χ1) is 14.1. The zero-order valence-corrected chi connectivity index (χ0v) is 16.8. The molecule has 156 valence electrons. The topological polar surface area (TPSA) is 90.5 Å². The number of carbonyl (C=O) groups is 2. The average Bonchev–Trinajstić information content (AvgIpc) is 2.71. The third-order valence-electron chi connectivity index (χ3n) is 6.95. The third kappa shape index (κ3) is 4.70. The lowest BCUT2D eigenvalue weighted by Gasteiger charge is -2.55. The molecular weight excluding hydrogens is 366 g/mol. The van der Waals surface area contributed by atoms with Crippen LogP contribution in [0.1, 0.15) is 49.7 Å². The van der Waals surface area contributed by atoms with E-state index in [2.05, 4.69) is 10.6 Å². The highest BCUT2D eigenvalue weighted by Gasteiger charge is 2.54. The van der Waals surface area contributed by atoms with Gasteiger partial charge in [-0.1, -0.05) is 24.3 Å². The lowest BCUT2D eigenvalue weighted by Crippen LogP contribution is -2.54. The molecule has 4 fully saturated rings. The SMILES string of the molecule is O=C(C=Cc1ccc(CNCCNC(=O)C23CC4CC(CC(C4)C2)C3)cc1)NO. The van der Waals surface area contributed by atoms with Gasteiger partial charge in [0.15, 0.2) is 0 Å². The second-order valence-electron chi connectivity index (χ2n) is 9.18. The van der Waals surface area contributed by atoms with Crippen molar-refractivity contribution in [2.75, 3.05) is 13.1 Å². The monoisotopic (exact) mass is 397 g/mol. The Labute approximate surface area is 172 Å². The number of hydrogen-bond donors (Lipinski definition) is 4. The maximum Gasteiger partial charge on any atom is 0.267 e. The van der Waals surface area contributed by atoms with Crippen molar-refractivity contribution >= 4 is 17.9 Å². The number of nitrogens with one attached hydrogen (secondary N) is 3. The van der Waals surface area contributed by atoms with Crippen LogP contribution >= 0.6 is 0 Å². The number of carbonyl (C=O) groups excluding carboxylic acids is 2. The predicted octanol–water partition coefficient (Wildman–Crippen LogP) is 2.63. The maximum atomic E-state index is 12.9. The molecule has 4 N–H and O–H groups in total. The molecule has 0 aliphatic heterocycles. The second kappa shape index (κ2) is 8.67. The summed E-state index contributed by atoms with van der Waals surface area (Å²) in [5.74, 6) is 2.12. The van der Waals surface area contributed by atoms with E-state index in [9.17, 15) is 9.59 Å². The first-order valence-corrected chi connectivity index (χ1v) is 10.8. The van der Waals surface area contributed by atoms with Crippen molar-refractivity contribution in [3.05, 3.63) is 41.5 Å². The van der Waals surface area contributed by atoms with E-state index in [1.165, 1.54) is 25.3 Å². The van der Waals surface area contributed by atoms with Crippen LogP contribution in [0.15, 0.2) is 30.3 Å². The lowest BCUT2D eigenvalue weighted by molar-refractivity contribution is -0.146. The Bertz CT molecular complexity index is 737. The van der Waals surface area contributed by atoms with E-state index in [1.807, 2.05) is 24.3 Å². The molecule has 4 bridgehead atoms. The lowest BCUT2D eigenvalue weighted by atomic mass is 9.49. The van der Waals surface area contributed by atoms with Gasteiger partial charge in [-0.05, 0) is 73.5 Å². The van der Waals surface area contributed by atoms with Crippen LogP contribution in [0.3, 0.4) is 0 Å². The van der Waals surface area contributed by atoms with Crippen LogP contribution < -0.4 is 16.1 Å². The summed E-state index contributed by atoms with van der Waals surface area (Å²) >= 11 is 0. The van der Waals surface area contributed by atoms with Crippen LogP contribution in [0.25, 0.3) is 6.08 Å². The molecule has 1 aromatic carbocycles. The van der Waals surface area contributed by atoms with Crippen LogP contribution in [0.2, 0.25) is 0 Å². The van der Waals surface area contributed by atoms with Crippen LogP contribution in [-0.4, -0.2) is 30.1 Å². The number of rotatable bonds is 8. The molecule has 0 spiro atoms. The van der Waals surface area contributed by atoms with Crippen LogP contribution in [0.4, 0.5) is 0 Å². The Morgan fingerprint density at radius 1 is 1.00 bits per heavy atom. The maximum absolute atomic E-state index is 12.9. The molecule has 5 rings (SSSR count). The molecule has 4 aliphatic carbocycles. The van der Waals surface area contributed by atoms with Crippen molar-refractivity contribution < 1.29 is 14.8 Å². The summed E-state index contributed by atoms with van der Waals surface area (Å²) in [7, 11) is 0. The number of hydroxylamine groups is 1. The fourth-order valence-electron chi connectivity index (χ4n) is 6.03. The van der Waals surface area contributed by atoms with E-state index >= 15 is 0 Å². The number of hydrogen-bond acceptors (Lipinski definition) is 4. The highest BCUT2D eigenvalue weighted by Crippen LogP contribution is 2.60. The molecule has 0 saturated heterocycles. The van der Waals surface area contributed by atoms with Gasteiger partial charge in [-0.3, -0.25) is 14.8 Å². The number of benzene rings is 1. The summed E-state index contributed by atoms with van der Waals surface area (Å²) < 4.78 is 0. The van der Waals surface area contributed by atoms with E-state index in [4.69, 9.17) is 5.21 Å². The summed E-state index contributed by atoms with van der Waals surface area (Å²) in [5.41, 5.74) is 3.53. The van der Waals surface area contributed by atoms with Crippen molar-refractivity contribution in [1.29, 1.82) is 0 Å². The molecule has 6 heteroatoms. The van der Waals surface area contributed by atoms with Crippen molar-refractivity contribution in [3.63, 3.8) is 0 Å². The predicted molar refractivity (Wildman–Crippen MR) is 111 cm³/mol. The summed E-state index contributed by atoms with van der Waals surface area (Å²) in [6.07, 6.45) is 10.3. The zero-order chi connectivity index (χ0) is 20.3. The molecule has 1 aromatic rings. The van der Waals surface area contributed by atoms with Gasteiger partial charge in [-0.25, -0.2) is 5.48 Å². The van der Waals surface area contributed by atoms with Gasteiger partial charge in [0, 0.05) is 31.1 Å². The van der Waals surface area contributed by atoms with E-state index in [0.717, 1.165) is 61.2 Å². The fraction of sp³-hybridized carbons (Fsp3) is 0.565. The minimum Gasteiger partial charge on any atom is -0.354 e. The number of amides is 2. The minimum absolute atomic E-state index is 0.0645. The van der Waals surface area contributed by atoms with E-state index < -0.39 is 5.91 Å². The Morgan fingerprint density at radius 2 is 1.62 bits per heavy atom. The molecule has 4 saturated carbocycles. The van der Waals surface area contributed by atoms with Gasteiger partial charge < -0.3 is 10.6 Å². The first kappa shape index (κ1) is 20.1. The molecule has 29 heavy (non-hydrogen) atoms. The highest BCUT2D eigenvalue weighted by molar-refractivity contribution is 5.90. The largest absolute Gasteiger partial charge is 0.354 e. The first-order valence-electron chi connectivity index (χ1n) is 10.8. The van der Waals surface area contributed by atoms with Gasteiger partial charge in [0.1, 0.15) is 0 Å². The molecule has 4 aliphatic rings. The summed E-state index contributed by atoms with van der Waals surface area (Å²) in [5, 5.41) is 15.1. The zero-order valence-electron chi connectivity index (χ0n) is 16.8. The van der Waals surface area contributed by atoms with Crippen molar-refractivity contribution in [3.8, 4) is 0 Å². The summed E-state index contributed by atoms with van der Waals surface area (Å²) in [4.78, 5) is 23.9. The smallest absolute Gasteiger partial charge is 0.267 e. The molecule has 0 heterocycles. The van der Waals surface area contributed by atoms with Crippen molar-refractivity contribution in [2.24, 2.45) is 23.2 Å². The Hall–Kier alpha value is -2.18. The molecule has 0 aromatic heterocycles. The molecule has 0 unspecified atom stereocenters. The normalized spacial score (nSPS) is 29.9. The summed E-state index contributed by atoms with van der Waals surface area (Å²) in [6, 6.07) is 7.84. The van der Waals surface area contributed by atoms with E-state index in [0.29, 0.717) is 12.5 Å². The Morgan fingerprint density at radius 3 is 2.21 bits per heavy atom. The molecule has 0 radical (unpaired) electrons. The second-order valence-corrected chi connectivity index (χ2v) is 9.18. The molecule has 6 nitrogen and oxygen atoms in total. The molecule has 0 atom stereocenters. The van der Waals surface area contributed by atoms with Gasteiger partial charge in [-0.15, -0.1) is 0 Å². The van der Waals surface area contributed by atoms with Crippen molar-refractivity contribution in [2.45, 2.75) is 45.1 Å². The van der Waals surface area contributed by atoms with Crippen LogP contribution in [0.5, 0.6) is 0 Å². The Balaban J connectivity index is 1.17. The van der Waals surface area contributed by atoms with Crippen molar-refractivity contribution in [1.82, 2.24) is 16.1 Å². The third-order valence-corrected chi connectivity index (χ3v) is 6.95. The van der Waals surface area contributed by atoms with E-state index in [-0.39, 0.29) is 5.41 Å². The standard InChI is InChI=1S/C23H31N3O3/c27-21(26-29)6-5-16-1-3-17(4-2-16)15-24-7-8-25-22(28)23-12-18-9-19(13-23)11-20(10-18)14-23/h1-6,18-20,24,29H,7-15H2,(H,25,28)(H,26,27). The molecular formula is C23H31N3O3. The summed E-state index contributed by atoms with van der Waals surface area (Å²) in [6.45, 7) is 2.14. The quantitative estimate of drug-likeness (QED) is 0.235. The van der Waals surface area contributed by atoms with Gasteiger partial charge in [0.2, 0.25) is 5.91 Å². The van der Waals surface area contributed by atoms with E-state index in [1.54, 1.807) is 11.6 Å². The average molecular weight is 398 g/mol. The van der Waals surface area contributed by atoms with Gasteiger partial charge in [-0.2, -0.15) is 0 Å². The highest BCUT2D eigenvalue weighted by atomic mass is 16.5. The van der Waals surface area contributed by atoms with Gasteiger partial charge >= 0.3 is 0 Å².